The lowest BCUT2D eigenvalue weighted by molar-refractivity contribution is -0.169. The molecule has 0 radical (unpaired) electrons. The van der Waals surface area contributed by atoms with E-state index in [-0.39, 0.29) is 10.6 Å². The molecule has 2 aliphatic heterocycles. The summed E-state index contributed by atoms with van der Waals surface area (Å²) < 4.78 is 11.3. The quantitative estimate of drug-likeness (QED) is 0.817. The van der Waals surface area contributed by atoms with E-state index < -0.39 is 5.79 Å². The second-order valence-corrected chi connectivity index (χ2v) is 4.87. The average Bonchev–Trinajstić information content (AvgIpc) is 2.83. The van der Waals surface area contributed by atoms with Gasteiger partial charge in [0.2, 0.25) is 0 Å². The zero-order chi connectivity index (χ0) is 12.6. The molecule has 0 aromatic carbocycles. The monoisotopic (exact) mass is 271 g/mol. The van der Waals surface area contributed by atoms with Crippen molar-refractivity contribution in [2.24, 2.45) is 0 Å². The first-order valence-electron chi connectivity index (χ1n) is 5.96. The number of aromatic nitrogens is 2. The standard InChI is InChI=1S/C11H14ClN3O3/c12-9-8(7-13-14-10(9)16)15-3-1-11(2-4-15)17-5-6-18-11/h7H,1-6H2,(H,14,16). The molecule has 1 N–H and O–H groups in total. The molecule has 2 fully saturated rings. The third kappa shape index (κ3) is 2.00. The Morgan fingerprint density at radius 2 is 2.00 bits per heavy atom. The van der Waals surface area contributed by atoms with Gasteiger partial charge in [-0.3, -0.25) is 4.79 Å². The molecular weight excluding hydrogens is 258 g/mol. The predicted molar refractivity (Wildman–Crippen MR) is 65.9 cm³/mol. The molecule has 3 rings (SSSR count). The summed E-state index contributed by atoms with van der Waals surface area (Å²) in [5.74, 6) is -0.419. The van der Waals surface area contributed by atoms with Gasteiger partial charge in [-0.25, -0.2) is 5.10 Å². The van der Waals surface area contributed by atoms with E-state index in [1.54, 1.807) is 6.20 Å². The van der Waals surface area contributed by atoms with E-state index in [9.17, 15) is 4.79 Å². The molecular formula is C11H14ClN3O3. The molecule has 0 amide bonds. The van der Waals surface area contributed by atoms with Crippen LogP contribution in [0.5, 0.6) is 0 Å². The molecule has 2 aliphatic rings. The van der Waals surface area contributed by atoms with Crippen molar-refractivity contribution >= 4 is 17.3 Å². The largest absolute Gasteiger partial charge is 0.368 e. The lowest BCUT2D eigenvalue weighted by Crippen LogP contribution is -2.45. The maximum absolute atomic E-state index is 11.4. The van der Waals surface area contributed by atoms with E-state index >= 15 is 0 Å². The van der Waals surface area contributed by atoms with Gasteiger partial charge >= 0.3 is 0 Å². The van der Waals surface area contributed by atoms with Crippen LogP contribution in [-0.4, -0.2) is 42.3 Å². The molecule has 3 heterocycles. The Hall–Kier alpha value is -1.11. The summed E-state index contributed by atoms with van der Waals surface area (Å²) in [6, 6.07) is 0. The Labute approximate surface area is 109 Å². The van der Waals surface area contributed by atoms with E-state index in [0.29, 0.717) is 18.9 Å². The van der Waals surface area contributed by atoms with Crippen LogP contribution >= 0.6 is 11.6 Å². The first-order chi connectivity index (χ1) is 8.70. The number of halogens is 1. The smallest absolute Gasteiger partial charge is 0.285 e. The summed E-state index contributed by atoms with van der Waals surface area (Å²) in [5.41, 5.74) is 0.316. The molecule has 1 aromatic rings. The van der Waals surface area contributed by atoms with E-state index in [1.165, 1.54) is 0 Å². The molecule has 0 bridgehead atoms. The van der Waals surface area contributed by atoms with Gasteiger partial charge in [-0.15, -0.1) is 0 Å². The highest BCUT2D eigenvalue weighted by molar-refractivity contribution is 6.32. The Morgan fingerprint density at radius 3 is 2.67 bits per heavy atom. The van der Waals surface area contributed by atoms with Crippen molar-refractivity contribution in [3.05, 3.63) is 21.6 Å². The van der Waals surface area contributed by atoms with Crippen LogP contribution in [0.3, 0.4) is 0 Å². The second-order valence-electron chi connectivity index (χ2n) is 4.49. The molecule has 98 valence electrons. The minimum Gasteiger partial charge on any atom is -0.368 e. The molecule has 6 nitrogen and oxygen atoms in total. The number of anilines is 1. The van der Waals surface area contributed by atoms with Gasteiger partial charge in [-0.2, -0.15) is 5.10 Å². The fraction of sp³-hybridized carbons (Fsp3) is 0.636. The average molecular weight is 272 g/mol. The Morgan fingerprint density at radius 1 is 1.33 bits per heavy atom. The van der Waals surface area contributed by atoms with E-state index in [4.69, 9.17) is 21.1 Å². The minimum atomic E-state index is -0.419. The Kier molecular flexibility index (Phi) is 3.01. The summed E-state index contributed by atoms with van der Waals surface area (Å²) in [6.07, 6.45) is 3.13. The van der Waals surface area contributed by atoms with Crippen LogP contribution in [0.25, 0.3) is 0 Å². The highest BCUT2D eigenvalue weighted by Crippen LogP contribution is 2.34. The maximum atomic E-state index is 11.4. The highest BCUT2D eigenvalue weighted by atomic mass is 35.5. The van der Waals surface area contributed by atoms with Crippen molar-refractivity contribution in [1.29, 1.82) is 0 Å². The van der Waals surface area contributed by atoms with E-state index in [1.807, 2.05) is 4.90 Å². The number of rotatable bonds is 1. The lowest BCUT2D eigenvalue weighted by Gasteiger charge is -2.38. The zero-order valence-corrected chi connectivity index (χ0v) is 10.6. The van der Waals surface area contributed by atoms with Gasteiger partial charge in [0.1, 0.15) is 5.02 Å². The number of ether oxygens (including phenoxy) is 2. The number of hydrogen-bond donors (Lipinski definition) is 1. The first-order valence-corrected chi connectivity index (χ1v) is 6.34. The SMILES string of the molecule is O=c1[nH]ncc(N2CCC3(CC2)OCCO3)c1Cl. The Bertz CT molecular complexity index is 489. The van der Waals surface area contributed by atoms with Crippen molar-refractivity contribution in [3.63, 3.8) is 0 Å². The minimum absolute atomic E-state index is 0.189. The van der Waals surface area contributed by atoms with E-state index in [0.717, 1.165) is 25.9 Å². The topological polar surface area (TPSA) is 67.5 Å². The van der Waals surface area contributed by atoms with Gasteiger partial charge in [-0.05, 0) is 0 Å². The molecule has 0 atom stereocenters. The maximum Gasteiger partial charge on any atom is 0.285 e. The summed E-state index contributed by atoms with van der Waals surface area (Å²) in [5, 5.41) is 6.29. The number of aromatic amines is 1. The summed E-state index contributed by atoms with van der Waals surface area (Å²) in [6.45, 7) is 2.80. The van der Waals surface area contributed by atoms with E-state index in [2.05, 4.69) is 10.2 Å². The van der Waals surface area contributed by atoms with Crippen LogP contribution in [0.15, 0.2) is 11.0 Å². The fourth-order valence-corrected chi connectivity index (χ4v) is 2.68. The van der Waals surface area contributed by atoms with Gasteiger partial charge in [0.25, 0.3) is 5.56 Å². The third-order valence-corrected chi connectivity index (χ3v) is 3.82. The lowest BCUT2D eigenvalue weighted by atomic mass is 10.0. The normalized spacial score (nSPS) is 22.6. The Balaban J connectivity index is 1.76. The number of piperidine rings is 1. The van der Waals surface area contributed by atoms with Crippen molar-refractivity contribution in [3.8, 4) is 0 Å². The molecule has 0 saturated carbocycles. The molecule has 0 aliphatic carbocycles. The second kappa shape index (κ2) is 4.53. The van der Waals surface area contributed by atoms with Gasteiger partial charge in [0, 0.05) is 25.9 Å². The third-order valence-electron chi connectivity index (χ3n) is 3.46. The van der Waals surface area contributed by atoms with Crippen LogP contribution in [0.4, 0.5) is 5.69 Å². The summed E-state index contributed by atoms with van der Waals surface area (Å²) in [7, 11) is 0. The highest BCUT2D eigenvalue weighted by Gasteiger charge is 2.40. The van der Waals surface area contributed by atoms with Crippen LogP contribution < -0.4 is 10.5 Å². The molecule has 0 unspecified atom stereocenters. The molecule has 18 heavy (non-hydrogen) atoms. The van der Waals surface area contributed by atoms with Crippen molar-refractivity contribution in [2.75, 3.05) is 31.2 Å². The van der Waals surface area contributed by atoms with Crippen molar-refractivity contribution < 1.29 is 9.47 Å². The molecule has 1 aromatic heterocycles. The molecule has 2 saturated heterocycles. The van der Waals surface area contributed by atoms with Crippen molar-refractivity contribution in [2.45, 2.75) is 18.6 Å². The fourth-order valence-electron chi connectivity index (χ4n) is 2.47. The van der Waals surface area contributed by atoms with Gasteiger partial charge in [-0.1, -0.05) is 11.6 Å². The van der Waals surface area contributed by atoms with Crippen LogP contribution in [-0.2, 0) is 9.47 Å². The zero-order valence-electron chi connectivity index (χ0n) is 9.82. The van der Waals surface area contributed by atoms with Crippen molar-refractivity contribution in [1.82, 2.24) is 10.2 Å². The number of H-pyrrole nitrogens is 1. The van der Waals surface area contributed by atoms with Crippen LogP contribution in [0.1, 0.15) is 12.8 Å². The number of hydrogen-bond acceptors (Lipinski definition) is 5. The predicted octanol–water partition coefficient (Wildman–Crippen LogP) is 0.767. The summed E-state index contributed by atoms with van der Waals surface area (Å²) in [4.78, 5) is 13.4. The van der Waals surface area contributed by atoms with Crippen LogP contribution in [0.2, 0.25) is 5.02 Å². The molecule has 7 heteroatoms. The number of nitrogens with zero attached hydrogens (tertiary/aromatic N) is 2. The summed E-state index contributed by atoms with van der Waals surface area (Å²) >= 11 is 5.99. The van der Waals surface area contributed by atoms with Gasteiger partial charge < -0.3 is 14.4 Å². The van der Waals surface area contributed by atoms with Crippen LogP contribution in [0, 0.1) is 0 Å². The van der Waals surface area contributed by atoms with Gasteiger partial charge in [0.05, 0.1) is 25.1 Å². The number of nitrogens with one attached hydrogen (secondary N) is 1. The molecule has 1 spiro atoms. The van der Waals surface area contributed by atoms with Gasteiger partial charge in [0.15, 0.2) is 5.79 Å². The first kappa shape index (κ1) is 12.0.